The third-order valence-electron chi connectivity index (χ3n) is 4.02. The first-order chi connectivity index (χ1) is 10.7. The molecule has 2 aliphatic rings. The van der Waals surface area contributed by atoms with Crippen LogP contribution < -0.4 is 0 Å². The van der Waals surface area contributed by atoms with Gasteiger partial charge in [0.2, 0.25) is 0 Å². The number of ether oxygens (including phenoxy) is 2. The average molecular weight is 326 g/mol. The topological polar surface area (TPSA) is 76.2 Å². The number of carbonyl (C=O) groups excluding carboxylic acids is 3. The summed E-state index contributed by atoms with van der Waals surface area (Å²) in [6.07, 6.45) is 1.18. The van der Waals surface area contributed by atoms with E-state index in [4.69, 9.17) is 4.74 Å². The number of amides is 1. The zero-order valence-corrected chi connectivity index (χ0v) is 14.2. The van der Waals surface area contributed by atoms with Crippen LogP contribution in [-0.2, 0) is 19.1 Å². The van der Waals surface area contributed by atoms with E-state index in [9.17, 15) is 14.4 Å². The molecule has 0 aromatic carbocycles. The van der Waals surface area contributed by atoms with Gasteiger partial charge in [0.15, 0.2) is 0 Å². The third-order valence-corrected chi connectivity index (χ3v) is 4.02. The summed E-state index contributed by atoms with van der Waals surface area (Å²) in [7, 11) is 0. The van der Waals surface area contributed by atoms with Crippen LogP contribution in [-0.4, -0.2) is 66.2 Å². The van der Waals surface area contributed by atoms with Gasteiger partial charge in [-0.1, -0.05) is 0 Å². The normalized spacial score (nSPS) is 21.3. The first-order valence-corrected chi connectivity index (χ1v) is 8.17. The lowest BCUT2D eigenvalue weighted by molar-refractivity contribution is -0.165. The molecule has 0 aromatic heterocycles. The molecule has 7 heteroatoms. The number of nitrogens with zero attached hydrogens (tertiary/aromatic N) is 2. The third kappa shape index (κ3) is 5.82. The molecule has 0 radical (unpaired) electrons. The van der Waals surface area contributed by atoms with E-state index in [0.29, 0.717) is 25.9 Å². The summed E-state index contributed by atoms with van der Waals surface area (Å²) < 4.78 is 9.91. The quantitative estimate of drug-likeness (QED) is 0.576. The molecule has 0 spiro atoms. The van der Waals surface area contributed by atoms with Crippen molar-refractivity contribution in [1.82, 2.24) is 9.80 Å². The number of carbonyl (C=O) groups is 3. The number of hydrogen-bond donors (Lipinski definition) is 0. The van der Waals surface area contributed by atoms with Crippen molar-refractivity contribution in [2.24, 2.45) is 5.92 Å². The molecular weight excluding hydrogens is 300 g/mol. The standard InChI is InChI=1S/C16H26N2O5/c1-16(2,3)23-15(21)18-8-6-17(7-9-18)5-4-12-10-13(19)22-14(20)11-12/h12H,4-11H2,1-3H3. The summed E-state index contributed by atoms with van der Waals surface area (Å²) in [6.45, 7) is 9.25. The van der Waals surface area contributed by atoms with Gasteiger partial charge < -0.3 is 14.4 Å². The van der Waals surface area contributed by atoms with Gasteiger partial charge in [-0.3, -0.25) is 14.5 Å². The Labute approximate surface area is 136 Å². The van der Waals surface area contributed by atoms with Gasteiger partial charge in [-0.05, 0) is 39.7 Å². The van der Waals surface area contributed by atoms with E-state index in [1.807, 2.05) is 20.8 Å². The Morgan fingerprint density at radius 2 is 1.70 bits per heavy atom. The van der Waals surface area contributed by atoms with Crippen LogP contribution in [0.4, 0.5) is 4.79 Å². The summed E-state index contributed by atoms with van der Waals surface area (Å²) in [5.41, 5.74) is -0.476. The molecule has 0 saturated carbocycles. The van der Waals surface area contributed by atoms with Crippen LogP contribution in [0.15, 0.2) is 0 Å². The number of piperazine rings is 1. The van der Waals surface area contributed by atoms with Crippen molar-refractivity contribution in [3.8, 4) is 0 Å². The van der Waals surface area contributed by atoms with E-state index in [-0.39, 0.29) is 12.0 Å². The maximum atomic E-state index is 12.0. The van der Waals surface area contributed by atoms with Gasteiger partial charge in [-0.15, -0.1) is 0 Å². The lowest BCUT2D eigenvalue weighted by atomic mass is 9.95. The smallest absolute Gasteiger partial charge is 0.410 e. The van der Waals surface area contributed by atoms with E-state index in [0.717, 1.165) is 26.1 Å². The Hall–Kier alpha value is -1.63. The van der Waals surface area contributed by atoms with Crippen LogP contribution >= 0.6 is 0 Å². The molecule has 130 valence electrons. The van der Waals surface area contributed by atoms with Crippen LogP contribution in [0.5, 0.6) is 0 Å². The zero-order chi connectivity index (χ0) is 17.0. The molecule has 0 bridgehead atoms. The minimum absolute atomic E-state index is 0.0765. The Morgan fingerprint density at radius 1 is 1.13 bits per heavy atom. The molecule has 23 heavy (non-hydrogen) atoms. The average Bonchev–Trinajstić information content (AvgIpc) is 2.43. The van der Waals surface area contributed by atoms with Gasteiger partial charge in [-0.2, -0.15) is 0 Å². The van der Waals surface area contributed by atoms with Crippen molar-refractivity contribution >= 4 is 18.0 Å². The van der Waals surface area contributed by atoms with Crippen LogP contribution in [0.3, 0.4) is 0 Å². The van der Waals surface area contributed by atoms with Gasteiger partial charge in [0.25, 0.3) is 0 Å². The Balaban J connectivity index is 1.69. The van der Waals surface area contributed by atoms with E-state index in [2.05, 4.69) is 9.64 Å². The van der Waals surface area contributed by atoms with Crippen LogP contribution in [0.2, 0.25) is 0 Å². The van der Waals surface area contributed by atoms with E-state index >= 15 is 0 Å². The fourth-order valence-corrected chi connectivity index (χ4v) is 2.80. The predicted octanol–water partition coefficient (Wildman–Crippen LogP) is 1.41. The molecule has 2 aliphatic heterocycles. The molecule has 2 fully saturated rings. The van der Waals surface area contributed by atoms with Gasteiger partial charge >= 0.3 is 18.0 Å². The summed E-state index contributed by atoms with van der Waals surface area (Å²) in [5, 5.41) is 0. The minimum atomic E-state index is -0.476. The number of esters is 2. The van der Waals surface area contributed by atoms with E-state index in [1.165, 1.54) is 0 Å². The maximum Gasteiger partial charge on any atom is 0.410 e. The summed E-state index contributed by atoms with van der Waals surface area (Å²) in [5.74, 6) is -0.755. The second-order valence-corrected chi connectivity index (χ2v) is 7.22. The first kappa shape index (κ1) is 17.7. The first-order valence-electron chi connectivity index (χ1n) is 8.17. The summed E-state index contributed by atoms with van der Waals surface area (Å²) in [6, 6.07) is 0. The maximum absolute atomic E-state index is 12.0. The number of hydrogen-bond acceptors (Lipinski definition) is 6. The monoisotopic (exact) mass is 326 g/mol. The fourth-order valence-electron chi connectivity index (χ4n) is 2.80. The van der Waals surface area contributed by atoms with Gasteiger partial charge in [0.1, 0.15) is 5.60 Å². The van der Waals surface area contributed by atoms with Crippen molar-refractivity contribution in [1.29, 1.82) is 0 Å². The Bertz CT molecular complexity index is 448. The van der Waals surface area contributed by atoms with Gasteiger partial charge in [-0.25, -0.2) is 4.79 Å². The molecule has 2 heterocycles. The van der Waals surface area contributed by atoms with Crippen molar-refractivity contribution < 1.29 is 23.9 Å². The summed E-state index contributed by atoms with van der Waals surface area (Å²) >= 11 is 0. The van der Waals surface area contributed by atoms with Gasteiger partial charge in [0.05, 0.1) is 0 Å². The van der Waals surface area contributed by atoms with Crippen molar-refractivity contribution in [3.63, 3.8) is 0 Å². The van der Waals surface area contributed by atoms with E-state index in [1.54, 1.807) is 4.90 Å². The number of rotatable bonds is 3. The molecule has 2 rings (SSSR count). The lowest BCUT2D eigenvalue weighted by Crippen LogP contribution is -2.50. The van der Waals surface area contributed by atoms with Crippen molar-refractivity contribution in [2.75, 3.05) is 32.7 Å². The Morgan fingerprint density at radius 3 is 2.22 bits per heavy atom. The molecule has 1 amide bonds. The molecule has 0 aromatic rings. The molecule has 0 atom stereocenters. The SMILES string of the molecule is CC(C)(C)OC(=O)N1CCN(CCC2CC(=O)OC(=O)C2)CC1. The van der Waals surface area contributed by atoms with Crippen LogP contribution in [0.25, 0.3) is 0 Å². The Kier molecular flexibility index (Phi) is 5.62. The molecule has 7 nitrogen and oxygen atoms in total. The van der Waals surface area contributed by atoms with Crippen LogP contribution in [0, 0.1) is 5.92 Å². The minimum Gasteiger partial charge on any atom is -0.444 e. The summed E-state index contributed by atoms with van der Waals surface area (Å²) in [4.78, 5) is 38.5. The second-order valence-electron chi connectivity index (χ2n) is 7.22. The molecule has 0 aliphatic carbocycles. The molecule has 2 saturated heterocycles. The number of cyclic esters (lactones) is 2. The van der Waals surface area contributed by atoms with Gasteiger partial charge in [0, 0.05) is 39.0 Å². The molecule has 0 N–H and O–H groups in total. The van der Waals surface area contributed by atoms with Crippen molar-refractivity contribution in [2.45, 2.75) is 45.6 Å². The zero-order valence-electron chi connectivity index (χ0n) is 14.2. The lowest BCUT2D eigenvalue weighted by Gasteiger charge is -2.36. The fraction of sp³-hybridized carbons (Fsp3) is 0.812. The molecule has 0 unspecified atom stereocenters. The largest absolute Gasteiger partial charge is 0.444 e. The molecular formula is C16H26N2O5. The van der Waals surface area contributed by atoms with E-state index < -0.39 is 17.5 Å². The second kappa shape index (κ2) is 7.29. The highest BCUT2D eigenvalue weighted by Gasteiger charge is 2.29. The highest BCUT2D eigenvalue weighted by atomic mass is 16.6. The van der Waals surface area contributed by atoms with Crippen molar-refractivity contribution in [3.05, 3.63) is 0 Å². The highest BCUT2D eigenvalue weighted by molar-refractivity contribution is 5.88. The highest BCUT2D eigenvalue weighted by Crippen LogP contribution is 2.21. The van der Waals surface area contributed by atoms with Crippen LogP contribution in [0.1, 0.15) is 40.0 Å². The predicted molar refractivity (Wildman–Crippen MR) is 82.7 cm³/mol.